The van der Waals surface area contributed by atoms with Gasteiger partial charge in [0.1, 0.15) is 17.1 Å². The number of benzene rings is 2. The monoisotopic (exact) mass is 370 g/mol. The number of ether oxygens (including phenoxy) is 1. The molecular weight excluding hydrogens is 352 g/mol. The third-order valence-electron chi connectivity index (χ3n) is 4.63. The van der Waals surface area contributed by atoms with Gasteiger partial charge < -0.3 is 19.4 Å². The predicted octanol–water partition coefficient (Wildman–Crippen LogP) is 3.53. The van der Waals surface area contributed by atoms with Crippen LogP contribution in [0.2, 0.25) is 5.02 Å². The van der Waals surface area contributed by atoms with Crippen LogP contribution >= 0.6 is 11.6 Å². The van der Waals surface area contributed by atoms with Gasteiger partial charge in [-0.25, -0.2) is 0 Å². The van der Waals surface area contributed by atoms with E-state index in [0.717, 1.165) is 37.4 Å². The van der Waals surface area contributed by atoms with E-state index < -0.39 is 0 Å². The van der Waals surface area contributed by atoms with Gasteiger partial charge in [0.2, 0.25) is 0 Å². The average Bonchev–Trinajstić information content (AvgIpc) is 2.68. The molecule has 0 bridgehead atoms. The molecule has 4 rings (SSSR count). The van der Waals surface area contributed by atoms with E-state index >= 15 is 0 Å². The zero-order chi connectivity index (χ0) is 18.1. The summed E-state index contributed by atoms with van der Waals surface area (Å²) in [4.78, 5) is 14.9. The van der Waals surface area contributed by atoms with Crippen molar-refractivity contribution in [2.45, 2.75) is 0 Å². The van der Waals surface area contributed by atoms with Gasteiger partial charge in [-0.15, -0.1) is 0 Å². The molecule has 1 aliphatic rings. The van der Waals surface area contributed by atoms with Crippen molar-refractivity contribution < 1.29 is 9.15 Å². The summed E-state index contributed by atoms with van der Waals surface area (Å²) < 4.78 is 11.1. The molecule has 1 aliphatic heterocycles. The van der Waals surface area contributed by atoms with Crippen molar-refractivity contribution in [3.05, 3.63) is 57.7 Å². The second-order valence-corrected chi connectivity index (χ2v) is 6.65. The molecule has 0 atom stereocenters. The normalized spacial score (nSPS) is 14.6. The molecule has 1 aromatic heterocycles. The SMILES string of the molecule is COc1ccc(-c2cc(=O)c3cc(N4CCNCC4)ccc3o2)cc1Cl. The summed E-state index contributed by atoms with van der Waals surface area (Å²) in [5, 5.41) is 4.39. The highest BCUT2D eigenvalue weighted by Gasteiger charge is 2.14. The van der Waals surface area contributed by atoms with Crippen LogP contribution in [0.15, 0.2) is 51.7 Å². The summed E-state index contributed by atoms with van der Waals surface area (Å²) in [6.45, 7) is 3.76. The second kappa shape index (κ2) is 7.02. The van der Waals surface area contributed by atoms with Crippen LogP contribution in [0.3, 0.4) is 0 Å². The highest BCUT2D eigenvalue weighted by atomic mass is 35.5. The number of hydrogen-bond acceptors (Lipinski definition) is 5. The third-order valence-corrected chi connectivity index (χ3v) is 4.92. The van der Waals surface area contributed by atoms with Gasteiger partial charge in [-0.2, -0.15) is 0 Å². The van der Waals surface area contributed by atoms with Crippen LogP contribution in [0.4, 0.5) is 5.69 Å². The first kappa shape index (κ1) is 16.9. The van der Waals surface area contributed by atoms with Gasteiger partial charge >= 0.3 is 0 Å². The Balaban J connectivity index is 1.75. The topological polar surface area (TPSA) is 54.7 Å². The molecule has 1 saturated heterocycles. The van der Waals surface area contributed by atoms with E-state index in [1.54, 1.807) is 19.2 Å². The van der Waals surface area contributed by atoms with Gasteiger partial charge in [-0.3, -0.25) is 4.79 Å². The van der Waals surface area contributed by atoms with Gasteiger partial charge in [0.05, 0.1) is 17.5 Å². The molecule has 134 valence electrons. The van der Waals surface area contributed by atoms with Gasteiger partial charge in [-0.1, -0.05) is 11.6 Å². The summed E-state index contributed by atoms with van der Waals surface area (Å²) in [6, 6.07) is 12.6. The maximum Gasteiger partial charge on any atom is 0.193 e. The van der Waals surface area contributed by atoms with Crippen LogP contribution in [0.5, 0.6) is 5.75 Å². The van der Waals surface area contributed by atoms with Crippen molar-refractivity contribution in [1.29, 1.82) is 0 Å². The lowest BCUT2D eigenvalue weighted by Gasteiger charge is -2.29. The number of fused-ring (bicyclic) bond motifs is 1. The van der Waals surface area contributed by atoms with E-state index in [1.165, 1.54) is 6.07 Å². The van der Waals surface area contributed by atoms with Gasteiger partial charge in [0, 0.05) is 43.5 Å². The van der Waals surface area contributed by atoms with Crippen molar-refractivity contribution in [2.24, 2.45) is 0 Å². The molecule has 0 radical (unpaired) electrons. The van der Waals surface area contributed by atoms with E-state index in [0.29, 0.717) is 27.5 Å². The van der Waals surface area contributed by atoms with Crippen LogP contribution < -0.4 is 20.4 Å². The molecule has 6 heteroatoms. The fraction of sp³-hybridized carbons (Fsp3) is 0.250. The van der Waals surface area contributed by atoms with Crippen LogP contribution in [0, 0.1) is 0 Å². The number of hydrogen-bond donors (Lipinski definition) is 1. The first-order valence-corrected chi connectivity index (χ1v) is 8.91. The van der Waals surface area contributed by atoms with Gasteiger partial charge in [0.25, 0.3) is 0 Å². The molecule has 2 aromatic carbocycles. The average molecular weight is 371 g/mol. The number of nitrogens with one attached hydrogen (secondary N) is 1. The zero-order valence-electron chi connectivity index (χ0n) is 14.4. The van der Waals surface area contributed by atoms with E-state index in [-0.39, 0.29) is 5.43 Å². The maximum absolute atomic E-state index is 12.7. The lowest BCUT2D eigenvalue weighted by atomic mass is 10.1. The van der Waals surface area contributed by atoms with E-state index in [4.69, 9.17) is 20.8 Å². The van der Waals surface area contributed by atoms with E-state index in [1.807, 2.05) is 24.3 Å². The van der Waals surface area contributed by atoms with Gasteiger partial charge in [0.15, 0.2) is 5.43 Å². The molecule has 1 fully saturated rings. The third kappa shape index (κ3) is 3.16. The Morgan fingerprint density at radius 1 is 1.12 bits per heavy atom. The largest absolute Gasteiger partial charge is 0.495 e. The second-order valence-electron chi connectivity index (χ2n) is 6.24. The minimum atomic E-state index is -0.0647. The summed E-state index contributed by atoms with van der Waals surface area (Å²) >= 11 is 6.19. The standard InChI is InChI=1S/C20H19ClN2O3/c1-25-19-4-2-13(10-16(19)21)20-12-17(24)15-11-14(3-5-18(15)26-20)23-8-6-22-7-9-23/h2-5,10-12,22H,6-9H2,1H3. The fourth-order valence-electron chi connectivity index (χ4n) is 3.23. The van der Waals surface area contributed by atoms with Crippen LogP contribution in [0.25, 0.3) is 22.3 Å². The van der Waals surface area contributed by atoms with Crippen molar-refractivity contribution in [1.82, 2.24) is 5.32 Å². The van der Waals surface area contributed by atoms with Crippen molar-refractivity contribution in [2.75, 3.05) is 38.2 Å². The lowest BCUT2D eigenvalue weighted by molar-refractivity contribution is 0.415. The Morgan fingerprint density at radius 2 is 1.92 bits per heavy atom. The number of methoxy groups -OCH3 is 1. The quantitative estimate of drug-likeness (QED) is 0.764. The Kier molecular flexibility index (Phi) is 4.57. The Morgan fingerprint density at radius 3 is 2.65 bits per heavy atom. The lowest BCUT2D eigenvalue weighted by Crippen LogP contribution is -2.43. The minimum absolute atomic E-state index is 0.0647. The van der Waals surface area contributed by atoms with E-state index in [2.05, 4.69) is 10.2 Å². The summed E-state index contributed by atoms with van der Waals surface area (Å²) in [5.41, 5.74) is 2.29. The number of piperazine rings is 1. The molecule has 2 heterocycles. The number of halogens is 1. The van der Waals surface area contributed by atoms with Crippen molar-refractivity contribution in [3.8, 4) is 17.1 Å². The number of rotatable bonds is 3. The van der Waals surface area contributed by atoms with Gasteiger partial charge in [-0.05, 0) is 36.4 Å². The smallest absolute Gasteiger partial charge is 0.193 e. The Hall–Kier alpha value is -2.50. The molecule has 0 amide bonds. The van der Waals surface area contributed by atoms with E-state index in [9.17, 15) is 4.79 Å². The predicted molar refractivity (Wildman–Crippen MR) is 105 cm³/mol. The van der Waals surface area contributed by atoms with Crippen LogP contribution in [0.1, 0.15) is 0 Å². The number of anilines is 1. The molecule has 0 aliphatic carbocycles. The zero-order valence-corrected chi connectivity index (χ0v) is 15.2. The first-order valence-electron chi connectivity index (χ1n) is 8.53. The summed E-state index contributed by atoms with van der Waals surface area (Å²) in [7, 11) is 1.56. The summed E-state index contributed by atoms with van der Waals surface area (Å²) in [6.07, 6.45) is 0. The minimum Gasteiger partial charge on any atom is -0.495 e. The van der Waals surface area contributed by atoms with Crippen LogP contribution in [-0.2, 0) is 0 Å². The summed E-state index contributed by atoms with van der Waals surface area (Å²) in [5.74, 6) is 1.07. The maximum atomic E-state index is 12.7. The Labute approximate surface area is 156 Å². The first-order chi connectivity index (χ1) is 12.7. The van der Waals surface area contributed by atoms with Crippen LogP contribution in [-0.4, -0.2) is 33.3 Å². The molecule has 0 saturated carbocycles. The molecule has 0 spiro atoms. The highest BCUT2D eigenvalue weighted by Crippen LogP contribution is 2.31. The number of nitrogens with zero attached hydrogens (tertiary/aromatic N) is 1. The van der Waals surface area contributed by atoms with Crippen molar-refractivity contribution in [3.63, 3.8) is 0 Å². The fourth-order valence-corrected chi connectivity index (χ4v) is 3.48. The molecule has 1 N–H and O–H groups in total. The van der Waals surface area contributed by atoms with Crippen molar-refractivity contribution >= 4 is 28.3 Å². The highest BCUT2D eigenvalue weighted by molar-refractivity contribution is 6.32. The molecule has 0 unspecified atom stereocenters. The molecular formula is C20H19ClN2O3. The molecule has 3 aromatic rings. The Bertz CT molecular complexity index is 1010. The molecule has 5 nitrogen and oxygen atoms in total. The molecule has 26 heavy (non-hydrogen) atoms.